The van der Waals surface area contributed by atoms with E-state index >= 15 is 0 Å². The number of aliphatic carboxylic acids is 1. The summed E-state index contributed by atoms with van der Waals surface area (Å²) in [6.45, 7) is -0.0581. The number of rotatable bonds is 7. The molecule has 0 aromatic heterocycles. The summed E-state index contributed by atoms with van der Waals surface area (Å²) in [7, 11) is 0. The normalized spacial score (nSPS) is 15.5. The number of hydrogen-bond donors (Lipinski definition) is 2. The zero-order valence-corrected chi connectivity index (χ0v) is 19.0. The molecule has 0 aliphatic heterocycles. The van der Waals surface area contributed by atoms with E-state index in [1.165, 1.54) is 12.1 Å². The zero-order chi connectivity index (χ0) is 25.0. The molecule has 0 spiro atoms. The molecular weight excluding hydrogens is 459 g/mol. The third-order valence-electron chi connectivity index (χ3n) is 6.46. The van der Waals surface area contributed by atoms with Gasteiger partial charge in [0.25, 0.3) is 5.91 Å². The molecule has 0 bridgehead atoms. The van der Waals surface area contributed by atoms with Gasteiger partial charge in [-0.1, -0.05) is 61.7 Å². The molecule has 184 valence electrons. The fraction of sp³-hybridized carbons (Fsp3) is 0.333. The lowest BCUT2D eigenvalue weighted by molar-refractivity contribution is -0.141. The maximum absolute atomic E-state index is 13.3. The van der Waals surface area contributed by atoms with E-state index in [2.05, 4.69) is 5.32 Å². The number of carbonyl (C=O) groups is 2. The third kappa shape index (κ3) is 5.75. The number of carboxylic acids is 1. The Balaban J connectivity index is 1.60. The molecule has 1 aliphatic carbocycles. The van der Waals surface area contributed by atoms with Crippen molar-refractivity contribution in [3.63, 3.8) is 0 Å². The van der Waals surface area contributed by atoms with Gasteiger partial charge in [-0.05, 0) is 47.9 Å². The summed E-state index contributed by atoms with van der Waals surface area (Å²) >= 11 is 0. The summed E-state index contributed by atoms with van der Waals surface area (Å²) in [6, 6.07) is 14.2. The first kappa shape index (κ1) is 24.6. The van der Waals surface area contributed by atoms with Gasteiger partial charge in [0.2, 0.25) is 0 Å². The van der Waals surface area contributed by atoms with E-state index in [-0.39, 0.29) is 23.8 Å². The van der Waals surface area contributed by atoms with Crippen molar-refractivity contribution < 1.29 is 32.6 Å². The van der Waals surface area contributed by atoms with Gasteiger partial charge >= 0.3 is 12.1 Å². The number of ether oxygens (including phenoxy) is 1. The van der Waals surface area contributed by atoms with Gasteiger partial charge in [0.15, 0.2) is 0 Å². The Morgan fingerprint density at radius 1 is 0.971 bits per heavy atom. The second kappa shape index (κ2) is 10.4. The van der Waals surface area contributed by atoms with Gasteiger partial charge in [-0.2, -0.15) is 13.2 Å². The molecule has 2 N–H and O–H groups in total. The van der Waals surface area contributed by atoms with Crippen LogP contribution in [-0.4, -0.2) is 23.0 Å². The summed E-state index contributed by atoms with van der Waals surface area (Å²) in [5, 5.41) is 13.9. The lowest BCUT2D eigenvalue weighted by Crippen LogP contribution is -2.46. The maximum atomic E-state index is 13.3. The van der Waals surface area contributed by atoms with Crippen molar-refractivity contribution in [2.45, 2.75) is 50.9 Å². The van der Waals surface area contributed by atoms with E-state index in [4.69, 9.17) is 4.74 Å². The van der Waals surface area contributed by atoms with E-state index in [0.29, 0.717) is 10.9 Å². The first-order chi connectivity index (χ1) is 16.7. The zero-order valence-electron chi connectivity index (χ0n) is 19.0. The van der Waals surface area contributed by atoms with Crippen molar-refractivity contribution in [2.24, 2.45) is 5.92 Å². The number of benzene rings is 3. The number of hydrogen-bond acceptors (Lipinski definition) is 3. The largest absolute Gasteiger partial charge is 0.487 e. The topological polar surface area (TPSA) is 75.6 Å². The van der Waals surface area contributed by atoms with E-state index in [9.17, 15) is 27.9 Å². The maximum Gasteiger partial charge on any atom is 0.416 e. The summed E-state index contributed by atoms with van der Waals surface area (Å²) in [5.41, 5.74) is -0.0746. The molecule has 3 aromatic carbocycles. The van der Waals surface area contributed by atoms with Crippen LogP contribution in [-0.2, 0) is 17.6 Å². The summed E-state index contributed by atoms with van der Waals surface area (Å²) in [5.74, 6) is -1.51. The first-order valence-electron chi connectivity index (χ1n) is 11.6. The van der Waals surface area contributed by atoms with Crippen LogP contribution in [0.5, 0.6) is 5.75 Å². The standard InChI is InChI=1S/C27H26F3NO4/c28-27(29,30)20-13-10-17(11-14-20)16-35-24-21-9-5-4-6-18(21)12-15-22(24)25(32)31-23(26(33)34)19-7-2-1-3-8-19/h4-6,9-15,19,23H,1-3,7-8,16H2,(H,31,32)(H,33,34). The number of alkyl halides is 3. The van der Waals surface area contributed by atoms with Crippen LogP contribution < -0.4 is 10.1 Å². The molecule has 3 aromatic rings. The molecular formula is C27H26F3NO4. The summed E-state index contributed by atoms with van der Waals surface area (Å²) in [4.78, 5) is 25.2. The molecule has 0 heterocycles. The molecule has 1 aliphatic rings. The Morgan fingerprint density at radius 2 is 1.66 bits per heavy atom. The van der Waals surface area contributed by atoms with Crippen molar-refractivity contribution in [1.82, 2.24) is 5.32 Å². The Kier molecular flexibility index (Phi) is 7.28. The van der Waals surface area contributed by atoms with Crippen molar-refractivity contribution in [1.29, 1.82) is 0 Å². The molecule has 8 heteroatoms. The molecule has 1 saturated carbocycles. The number of fused-ring (bicyclic) bond motifs is 1. The smallest absolute Gasteiger partial charge is 0.416 e. The predicted molar refractivity (Wildman–Crippen MR) is 125 cm³/mol. The SMILES string of the molecule is O=C(NC(C(=O)O)C1CCCCC1)c1ccc2ccccc2c1OCc1ccc(C(F)(F)F)cc1. The van der Waals surface area contributed by atoms with Crippen LogP contribution in [0.2, 0.25) is 0 Å². The van der Waals surface area contributed by atoms with Crippen molar-refractivity contribution in [2.75, 3.05) is 0 Å². The Hall–Kier alpha value is -3.55. The van der Waals surface area contributed by atoms with Gasteiger partial charge in [0.05, 0.1) is 11.1 Å². The van der Waals surface area contributed by atoms with Gasteiger partial charge in [-0.15, -0.1) is 0 Å². The molecule has 0 saturated heterocycles. The van der Waals surface area contributed by atoms with Crippen LogP contribution in [0.15, 0.2) is 60.7 Å². The van der Waals surface area contributed by atoms with Crippen LogP contribution in [0.1, 0.15) is 53.6 Å². The molecule has 1 amide bonds. The van der Waals surface area contributed by atoms with Crippen molar-refractivity contribution >= 4 is 22.6 Å². The number of carbonyl (C=O) groups excluding carboxylic acids is 1. The van der Waals surface area contributed by atoms with E-state index < -0.39 is 29.7 Å². The minimum absolute atomic E-state index is 0.0581. The van der Waals surface area contributed by atoms with Crippen LogP contribution in [0, 0.1) is 5.92 Å². The van der Waals surface area contributed by atoms with Gasteiger partial charge in [-0.25, -0.2) is 4.79 Å². The molecule has 5 nitrogen and oxygen atoms in total. The molecule has 1 unspecified atom stereocenters. The van der Waals surface area contributed by atoms with Crippen LogP contribution >= 0.6 is 0 Å². The fourth-order valence-corrected chi connectivity index (χ4v) is 4.59. The van der Waals surface area contributed by atoms with Crippen molar-refractivity contribution in [3.8, 4) is 5.75 Å². The average Bonchev–Trinajstić information content (AvgIpc) is 2.85. The van der Waals surface area contributed by atoms with Gasteiger partial charge in [0, 0.05) is 5.39 Å². The third-order valence-corrected chi connectivity index (χ3v) is 6.46. The molecule has 35 heavy (non-hydrogen) atoms. The molecule has 1 atom stereocenters. The second-order valence-electron chi connectivity index (χ2n) is 8.83. The second-order valence-corrected chi connectivity index (χ2v) is 8.83. The average molecular weight is 486 g/mol. The monoisotopic (exact) mass is 485 g/mol. The van der Waals surface area contributed by atoms with E-state index in [1.807, 2.05) is 12.1 Å². The number of carboxylic acid groups (broad SMARTS) is 1. The minimum atomic E-state index is -4.43. The number of halogens is 3. The minimum Gasteiger partial charge on any atom is -0.487 e. The molecule has 1 fully saturated rings. The van der Waals surface area contributed by atoms with Crippen LogP contribution in [0.25, 0.3) is 10.8 Å². The van der Waals surface area contributed by atoms with E-state index in [0.717, 1.165) is 49.6 Å². The predicted octanol–water partition coefficient (Wildman–Crippen LogP) is 6.20. The summed E-state index contributed by atoms with van der Waals surface area (Å²) in [6.07, 6.45) is -0.0231. The Morgan fingerprint density at radius 3 is 2.31 bits per heavy atom. The molecule has 4 rings (SSSR count). The highest BCUT2D eigenvalue weighted by molar-refractivity contribution is 6.04. The Labute approximate surface area is 200 Å². The van der Waals surface area contributed by atoms with Gasteiger partial charge < -0.3 is 15.2 Å². The van der Waals surface area contributed by atoms with Crippen LogP contribution in [0.3, 0.4) is 0 Å². The highest BCUT2D eigenvalue weighted by Crippen LogP contribution is 2.33. The lowest BCUT2D eigenvalue weighted by atomic mass is 9.83. The fourth-order valence-electron chi connectivity index (χ4n) is 4.59. The lowest BCUT2D eigenvalue weighted by Gasteiger charge is -2.28. The van der Waals surface area contributed by atoms with Gasteiger partial charge in [0.1, 0.15) is 18.4 Å². The van der Waals surface area contributed by atoms with Crippen molar-refractivity contribution in [3.05, 3.63) is 77.4 Å². The molecule has 0 radical (unpaired) electrons. The summed E-state index contributed by atoms with van der Waals surface area (Å²) < 4.78 is 44.6. The first-order valence-corrected chi connectivity index (χ1v) is 11.6. The number of amides is 1. The highest BCUT2D eigenvalue weighted by Gasteiger charge is 2.32. The highest BCUT2D eigenvalue weighted by atomic mass is 19.4. The number of nitrogens with one attached hydrogen (secondary N) is 1. The van der Waals surface area contributed by atoms with Crippen LogP contribution in [0.4, 0.5) is 13.2 Å². The Bertz CT molecular complexity index is 1200. The quantitative estimate of drug-likeness (QED) is 0.418. The van der Waals surface area contributed by atoms with Gasteiger partial charge in [-0.3, -0.25) is 4.79 Å². The van der Waals surface area contributed by atoms with E-state index in [1.54, 1.807) is 24.3 Å².